The molecule has 0 amide bonds. The standard InChI is InChI=1S/C23H16Br2FNO2/c1-28-21-8-4-16(5-9-21)18(13-27)10-17-11-19(24)12-22(25)23(17)29-14-15-2-6-20(26)7-3-15/h2-12H,14H2,1H3/b18-10+. The molecule has 0 saturated carbocycles. The average Bonchev–Trinajstić information content (AvgIpc) is 2.72. The first-order chi connectivity index (χ1) is 14.0. The van der Waals surface area contributed by atoms with Crippen LogP contribution in [0, 0.1) is 17.1 Å². The number of nitrogens with zero attached hydrogens (tertiary/aromatic N) is 1. The number of methoxy groups -OCH3 is 1. The average molecular weight is 517 g/mol. The van der Waals surface area contributed by atoms with Gasteiger partial charge in [-0.2, -0.15) is 5.26 Å². The lowest BCUT2D eigenvalue weighted by atomic mass is 10.0. The molecule has 3 aromatic carbocycles. The minimum atomic E-state index is -0.291. The summed E-state index contributed by atoms with van der Waals surface area (Å²) >= 11 is 7.01. The van der Waals surface area contributed by atoms with E-state index in [4.69, 9.17) is 9.47 Å². The van der Waals surface area contributed by atoms with Crippen LogP contribution in [-0.2, 0) is 6.61 Å². The number of allylic oxidation sites excluding steroid dienone is 1. The summed E-state index contributed by atoms with van der Waals surface area (Å²) in [6, 6.07) is 19.4. The van der Waals surface area contributed by atoms with E-state index in [1.807, 2.05) is 36.4 Å². The molecule has 0 bridgehead atoms. The van der Waals surface area contributed by atoms with Gasteiger partial charge < -0.3 is 9.47 Å². The second-order valence-electron chi connectivity index (χ2n) is 6.12. The van der Waals surface area contributed by atoms with E-state index in [0.29, 0.717) is 11.3 Å². The van der Waals surface area contributed by atoms with Crippen molar-refractivity contribution < 1.29 is 13.9 Å². The van der Waals surface area contributed by atoms with Crippen molar-refractivity contribution in [2.45, 2.75) is 6.61 Å². The Kier molecular flexibility index (Phi) is 7.08. The summed E-state index contributed by atoms with van der Waals surface area (Å²) in [6.07, 6.45) is 1.78. The van der Waals surface area contributed by atoms with Crippen LogP contribution in [0.25, 0.3) is 11.6 Å². The van der Waals surface area contributed by atoms with Crippen LogP contribution in [0.3, 0.4) is 0 Å². The van der Waals surface area contributed by atoms with E-state index in [-0.39, 0.29) is 12.4 Å². The van der Waals surface area contributed by atoms with Crippen molar-refractivity contribution in [2.75, 3.05) is 7.11 Å². The number of rotatable bonds is 6. The van der Waals surface area contributed by atoms with Gasteiger partial charge in [0.1, 0.15) is 23.9 Å². The Bertz CT molecular complexity index is 1070. The molecule has 0 heterocycles. The summed E-state index contributed by atoms with van der Waals surface area (Å²) in [7, 11) is 1.60. The summed E-state index contributed by atoms with van der Waals surface area (Å²) in [6.45, 7) is 0.270. The summed E-state index contributed by atoms with van der Waals surface area (Å²) in [5.41, 5.74) is 2.84. The molecule has 0 atom stereocenters. The molecule has 0 unspecified atom stereocenters. The molecule has 0 aromatic heterocycles. The van der Waals surface area contributed by atoms with Crippen LogP contribution in [0.2, 0.25) is 0 Å². The summed E-state index contributed by atoms with van der Waals surface area (Å²) in [5, 5.41) is 9.68. The predicted molar refractivity (Wildman–Crippen MR) is 119 cm³/mol. The first kappa shape index (κ1) is 21.1. The molecule has 0 spiro atoms. The molecule has 6 heteroatoms. The summed E-state index contributed by atoms with van der Waals surface area (Å²) in [5.74, 6) is 1.03. The van der Waals surface area contributed by atoms with Crippen molar-refractivity contribution in [1.82, 2.24) is 0 Å². The maximum absolute atomic E-state index is 13.1. The second-order valence-corrected chi connectivity index (χ2v) is 7.89. The Morgan fingerprint density at radius 3 is 2.38 bits per heavy atom. The quantitative estimate of drug-likeness (QED) is 0.261. The summed E-state index contributed by atoms with van der Waals surface area (Å²) < 4.78 is 25.9. The van der Waals surface area contributed by atoms with E-state index >= 15 is 0 Å². The van der Waals surface area contributed by atoms with Gasteiger partial charge in [-0.25, -0.2) is 4.39 Å². The highest BCUT2D eigenvalue weighted by atomic mass is 79.9. The third kappa shape index (κ3) is 5.47. The zero-order valence-corrected chi connectivity index (χ0v) is 18.6. The zero-order valence-electron chi connectivity index (χ0n) is 15.5. The number of ether oxygens (including phenoxy) is 2. The molecule has 0 saturated heterocycles. The Balaban J connectivity index is 1.95. The van der Waals surface area contributed by atoms with E-state index in [2.05, 4.69) is 37.9 Å². The molecule has 0 aliphatic carbocycles. The van der Waals surface area contributed by atoms with Gasteiger partial charge in [-0.3, -0.25) is 0 Å². The van der Waals surface area contributed by atoms with Crippen LogP contribution in [0.4, 0.5) is 4.39 Å². The Morgan fingerprint density at radius 1 is 1.07 bits per heavy atom. The number of nitriles is 1. The summed E-state index contributed by atoms with van der Waals surface area (Å²) in [4.78, 5) is 0. The van der Waals surface area contributed by atoms with Crippen molar-refractivity contribution in [3.05, 3.63) is 92.1 Å². The highest BCUT2D eigenvalue weighted by Crippen LogP contribution is 2.36. The fraction of sp³-hybridized carbons (Fsp3) is 0.0870. The number of hydrogen-bond donors (Lipinski definition) is 0. The van der Waals surface area contributed by atoms with Crippen LogP contribution in [0.5, 0.6) is 11.5 Å². The Morgan fingerprint density at radius 2 is 1.76 bits per heavy atom. The fourth-order valence-corrected chi connectivity index (χ4v) is 4.05. The van der Waals surface area contributed by atoms with Gasteiger partial charge in [0.05, 0.1) is 23.2 Å². The molecule has 0 N–H and O–H groups in total. The molecule has 0 aliphatic heterocycles. The molecule has 3 nitrogen and oxygen atoms in total. The second kappa shape index (κ2) is 9.73. The van der Waals surface area contributed by atoms with Crippen molar-refractivity contribution >= 4 is 43.5 Å². The van der Waals surface area contributed by atoms with Gasteiger partial charge in [0.25, 0.3) is 0 Å². The third-order valence-corrected chi connectivity index (χ3v) is 5.20. The van der Waals surface area contributed by atoms with Gasteiger partial charge in [-0.15, -0.1) is 0 Å². The van der Waals surface area contributed by atoms with E-state index in [1.165, 1.54) is 12.1 Å². The highest BCUT2D eigenvalue weighted by molar-refractivity contribution is 9.11. The lowest BCUT2D eigenvalue weighted by Crippen LogP contribution is -1.98. The van der Waals surface area contributed by atoms with Crippen molar-refractivity contribution in [3.63, 3.8) is 0 Å². The van der Waals surface area contributed by atoms with Crippen molar-refractivity contribution in [2.24, 2.45) is 0 Å². The number of halogens is 3. The van der Waals surface area contributed by atoms with Crippen LogP contribution in [-0.4, -0.2) is 7.11 Å². The predicted octanol–water partition coefficient (Wildman–Crippen LogP) is 7.00. The van der Waals surface area contributed by atoms with E-state index < -0.39 is 0 Å². The number of hydrogen-bond acceptors (Lipinski definition) is 3. The lowest BCUT2D eigenvalue weighted by molar-refractivity contribution is 0.303. The molecule has 3 rings (SSSR count). The smallest absolute Gasteiger partial charge is 0.141 e. The minimum Gasteiger partial charge on any atom is -0.497 e. The van der Waals surface area contributed by atoms with Crippen LogP contribution in [0.1, 0.15) is 16.7 Å². The molecule has 0 fully saturated rings. The van der Waals surface area contributed by atoms with Gasteiger partial charge >= 0.3 is 0 Å². The van der Waals surface area contributed by atoms with Gasteiger partial charge in [0.2, 0.25) is 0 Å². The van der Waals surface area contributed by atoms with E-state index in [0.717, 1.165) is 31.4 Å². The van der Waals surface area contributed by atoms with Gasteiger partial charge in [-0.05, 0) is 81.7 Å². The monoisotopic (exact) mass is 515 g/mol. The zero-order chi connectivity index (χ0) is 20.8. The lowest BCUT2D eigenvalue weighted by Gasteiger charge is -2.13. The molecule has 0 aliphatic rings. The molecule has 29 heavy (non-hydrogen) atoms. The first-order valence-corrected chi connectivity index (χ1v) is 10.2. The molecule has 3 aromatic rings. The van der Waals surface area contributed by atoms with Gasteiger partial charge in [-0.1, -0.05) is 28.1 Å². The van der Waals surface area contributed by atoms with Crippen LogP contribution >= 0.6 is 31.9 Å². The highest BCUT2D eigenvalue weighted by Gasteiger charge is 2.12. The first-order valence-electron chi connectivity index (χ1n) is 8.62. The van der Waals surface area contributed by atoms with Crippen LogP contribution in [0.15, 0.2) is 69.6 Å². The third-order valence-electron chi connectivity index (χ3n) is 4.15. The van der Waals surface area contributed by atoms with Gasteiger partial charge in [0.15, 0.2) is 0 Å². The van der Waals surface area contributed by atoms with E-state index in [9.17, 15) is 9.65 Å². The largest absolute Gasteiger partial charge is 0.497 e. The minimum absolute atomic E-state index is 0.270. The van der Waals surface area contributed by atoms with Crippen molar-refractivity contribution in [3.8, 4) is 17.6 Å². The maximum Gasteiger partial charge on any atom is 0.141 e. The molecule has 0 radical (unpaired) electrons. The van der Waals surface area contributed by atoms with Crippen LogP contribution < -0.4 is 9.47 Å². The molecular formula is C23H16Br2FNO2. The maximum atomic E-state index is 13.1. The number of benzene rings is 3. The topological polar surface area (TPSA) is 42.2 Å². The Labute approximate surface area is 185 Å². The fourth-order valence-electron chi connectivity index (χ4n) is 2.68. The Hall–Kier alpha value is -2.62. The SMILES string of the molecule is COc1ccc(/C(C#N)=C/c2cc(Br)cc(Br)c2OCc2ccc(F)cc2)cc1. The van der Waals surface area contributed by atoms with Crippen molar-refractivity contribution in [1.29, 1.82) is 5.26 Å². The normalized spacial score (nSPS) is 11.1. The molecular weight excluding hydrogens is 501 g/mol. The van der Waals surface area contributed by atoms with Gasteiger partial charge in [0, 0.05) is 10.0 Å². The molecule has 146 valence electrons. The van der Waals surface area contributed by atoms with E-state index in [1.54, 1.807) is 25.3 Å².